The molecule has 0 unspecified atom stereocenters. The highest BCUT2D eigenvalue weighted by Gasteiger charge is 2.32. The summed E-state index contributed by atoms with van der Waals surface area (Å²) in [4.78, 5) is 0. The summed E-state index contributed by atoms with van der Waals surface area (Å²) in [5.74, 6) is -1.75. The van der Waals surface area contributed by atoms with E-state index in [9.17, 15) is 8.42 Å². The predicted molar refractivity (Wildman–Crippen MR) is 44.3 cm³/mol. The first kappa shape index (κ1) is 12.8. The maximum Gasteiger partial charge on any atom is 0.401 e. The largest absolute Gasteiger partial charge is 0.401 e. The molecular formula is C6H14O6S. The monoisotopic (exact) mass is 214 g/mol. The summed E-state index contributed by atoms with van der Waals surface area (Å²) >= 11 is 0. The van der Waals surface area contributed by atoms with Gasteiger partial charge in [0, 0.05) is 20.1 Å². The van der Waals surface area contributed by atoms with E-state index in [1.165, 1.54) is 6.92 Å². The first-order valence-corrected chi connectivity index (χ1v) is 5.15. The zero-order valence-corrected chi connectivity index (χ0v) is 8.63. The summed E-state index contributed by atoms with van der Waals surface area (Å²) in [7, 11) is -4.58. The van der Waals surface area contributed by atoms with Crippen LogP contribution in [0.25, 0.3) is 0 Å². The van der Waals surface area contributed by atoms with E-state index in [1.807, 2.05) is 0 Å². The lowest BCUT2D eigenvalue weighted by Gasteiger charge is -2.26. The van der Waals surface area contributed by atoms with Gasteiger partial charge in [-0.2, -0.15) is 12.6 Å². The molecule has 7 heteroatoms. The van der Waals surface area contributed by atoms with Crippen LogP contribution in [0.5, 0.6) is 0 Å². The third-order valence-electron chi connectivity index (χ3n) is 1.07. The molecule has 0 spiro atoms. The van der Waals surface area contributed by atoms with Crippen molar-refractivity contribution in [2.45, 2.75) is 26.7 Å². The van der Waals surface area contributed by atoms with Crippen molar-refractivity contribution < 1.29 is 26.6 Å². The minimum absolute atomic E-state index is 0.200. The smallest absolute Gasteiger partial charge is 0.327 e. The van der Waals surface area contributed by atoms with E-state index in [0.29, 0.717) is 0 Å². The van der Waals surface area contributed by atoms with Gasteiger partial charge in [0.25, 0.3) is 5.97 Å². The Hall–Kier alpha value is -0.210. The van der Waals surface area contributed by atoms with Crippen molar-refractivity contribution in [2.24, 2.45) is 0 Å². The first-order valence-electron chi connectivity index (χ1n) is 3.79. The van der Waals surface area contributed by atoms with Crippen molar-refractivity contribution in [3.05, 3.63) is 0 Å². The molecule has 1 N–H and O–H groups in total. The summed E-state index contributed by atoms with van der Waals surface area (Å²) in [5.41, 5.74) is 0. The van der Waals surface area contributed by atoms with Gasteiger partial charge < -0.3 is 9.47 Å². The molecule has 0 aliphatic carbocycles. The van der Waals surface area contributed by atoms with E-state index in [2.05, 4.69) is 4.18 Å². The third-order valence-corrected chi connectivity index (χ3v) is 1.58. The first-order chi connectivity index (χ1) is 5.83. The second-order valence-corrected chi connectivity index (χ2v) is 3.26. The minimum atomic E-state index is -4.58. The van der Waals surface area contributed by atoms with Crippen LogP contribution >= 0.6 is 0 Å². The molecule has 0 rings (SSSR count). The van der Waals surface area contributed by atoms with E-state index in [1.54, 1.807) is 13.8 Å². The highest BCUT2D eigenvalue weighted by molar-refractivity contribution is 7.80. The van der Waals surface area contributed by atoms with Gasteiger partial charge in [-0.15, -0.1) is 0 Å². The number of hydrogen-bond donors (Lipinski definition) is 1. The van der Waals surface area contributed by atoms with Crippen LogP contribution in [0.2, 0.25) is 0 Å². The van der Waals surface area contributed by atoms with E-state index < -0.39 is 16.4 Å². The molecule has 0 saturated carbocycles. The van der Waals surface area contributed by atoms with Gasteiger partial charge >= 0.3 is 10.4 Å². The number of rotatable bonds is 6. The van der Waals surface area contributed by atoms with Crippen LogP contribution in [-0.4, -0.2) is 32.2 Å². The van der Waals surface area contributed by atoms with E-state index >= 15 is 0 Å². The molecule has 0 bridgehead atoms. The molecule has 0 fully saturated rings. The summed E-state index contributed by atoms with van der Waals surface area (Å²) < 4.78 is 43.1. The standard InChI is InChI=1S/C6H14O6S/c1-4-10-6(3,11-5-2)12-13(7,8)9/h4-5H2,1-3H3,(H,7,8,9). The molecule has 0 amide bonds. The third kappa shape index (κ3) is 5.94. The van der Waals surface area contributed by atoms with Crippen LogP contribution < -0.4 is 0 Å². The lowest BCUT2D eigenvalue weighted by molar-refractivity contribution is -0.329. The Balaban J connectivity index is 4.40. The predicted octanol–water partition coefficient (Wildman–Crippen LogP) is 0.552. The highest BCUT2D eigenvalue weighted by atomic mass is 32.3. The second-order valence-electron chi connectivity index (χ2n) is 2.24. The van der Waals surface area contributed by atoms with Crippen molar-refractivity contribution in [1.29, 1.82) is 0 Å². The molecule has 0 aromatic rings. The van der Waals surface area contributed by atoms with Gasteiger partial charge in [0.2, 0.25) is 0 Å². The fourth-order valence-electron chi connectivity index (χ4n) is 0.805. The molecule has 0 aliphatic heterocycles. The second kappa shape index (κ2) is 4.87. The Morgan fingerprint density at radius 1 is 1.23 bits per heavy atom. The van der Waals surface area contributed by atoms with Crippen LogP contribution in [0.15, 0.2) is 0 Å². The molecule has 0 radical (unpaired) electrons. The van der Waals surface area contributed by atoms with Crippen LogP contribution in [0, 0.1) is 0 Å². The van der Waals surface area contributed by atoms with E-state index in [0.717, 1.165) is 0 Å². The highest BCUT2D eigenvalue weighted by Crippen LogP contribution is 2.16. The van der Waals surface area contributed by atoms with E-state index in [4.69, 9.17) is 14.0 Å². The minimum Gasteiger partial charge on any atom is -0.327 e. The topological polar surface area (TPSA) is 82.1 Å². The molecular weight excluding hydrogens is 200 g/mol. The van der Waals surface area contributed by atoms with Crippen LogP contribution in [0.3, 0.4) is 0 Å². The van der Waals surface area contributed by atoms with Crippen LogP contribution in [-0.2, 0) is 24.1 Å². The maximum absolute atomic E-state index is 10.4. The number of hydrogen-bond acceptors (Lipinski definition) is 5. The fourth-order valence-corrected chi connectivity index (χ4v) is 1.28. The van der Waals surface area contributed by atoms with Crippen molar-refractivity contribution in [3.63, 3.8) is 0 Å². The average Bonchev–Trinajstić information content (AvgIpc) is 1.82. The SMILES string of the molecule is CCOC(C)(OCC)OS(=O)(=O)O. The fraction of sp³-hybridized carbons (Fsp3) is 1.00. The van der Waals surface area contributed by atoms with Gasteiger partial charge in [-0.25, -0.2) is 0 Å². The molecule has 13 heavy (non-hydrogen) atoms. The summed E-state index contributed by atoms with van der Waals surface area (Å²) in [6.07, 6.45) is 0. The average molecular weight is 214 g/mol. The van der Waals surface area contributed by atoms with E-state index in [-0.39, 0.29) is 13.2 Å². The molecule has 6 nitrogen and oxygen atoms in total. The number of ether oxygens (including phenoxy) is 2. The zero-order valence-electron chi connectivity index (χ0n) is 7.81. The molecule has 0 aromatic heterocycles. The van der Waals surface area contributed by atoms with Gasteiger partial charge in [-0.05, 0) is 13.8 Å². The van der Waals surface area contributed by atoms with Gasteiger partial charge in [0.15, 0.2) is 0 Å². The summed E-state index contributed by atoms with van der Waals surface area (Å²) in [6.45, 7) is 4.95. The summed E-state index contributed by atoms with van der Waals surface area (Å²) in [6, 6.07) is 0. The van der Waals surface area contributed by atoms with Gasteiger partial charge in [-0.1, -0.05) is 0 Å². The molecule has 0 heterocycles. The molecule has 0 aromatic carbocycles. The Kier molecular flexibility index (Phi) is 4.79. The Labute approximate surface area is 77.7 Å². The van der Waals surface area contributed by atoms with Crippen molar-refractivity contribution >= 4 is 10.4 Å². The molecule has 0 saturated heterocycles. The maximum atomic E-state index is 10.4. The lowest BCUT2D eigenvalue weighted by Crippen LogP contribution is -2.37. The zero-order chi connectivity index (χ0) is 10.5. The molecule has 80 valence electrons. The van der Waals surface area contributed by atoms with Crippen molar-refractivity contribution in [3.8, 4) is 0 Å². The summed E-state index contributed by atoms with van der Waals surface area (Å²) in [5, 5.41) is 0. The van der Waals surface area contributed by atoms with Gasteiger partial charge in [0.1, 0.15) is 0 Å². The van der Waals surface area contributed by atoms with Crippen molar-refractivity contribution in [1.82, 2.24) is 0 Å². The Morgan fingerprint density at radius 2 is 1.62 bits per heavy atom. The lowest BCUT2D eigenvalue weighted by atomic mass is 10.6. The van der Waals surface area contributed by atoms with Crippen LogP contribution in [0.1, 0.15) is 20.8 Å². The normalized spacial score (nSPS) is 13.2. The Morgan fingerprint density at radius 3 is 1.85 bits per heavy atom. The quantitative estimate of drug-likeness (QED) is 0.513. The Bertz CT molecular complexity index is 228. The van der Waals surface area contributed by atoms with Crippen LogP contribution in [0.4, 0.5) is 0 Å². The van der Waals surface area contributed by atoms with Gasteiger partial charge in [0.05, 0.1) is 0 Å². The molecule has 0 atom stereocenters. The van der Waals surface area contributed by atoms with Crippen molar-refractivity contribution in [2.75, 3.05) is 13.2 Å². The van der Waals surface area contributed by atoms with Gasteiger partial charge in [-0.3, -0.25) is 4.55 Å². The molecule has 0 aliphatic rings.